The van der Waals surface area contributed by atoms with Crippen LogP contribution in [0, 0.1) is 0 Å². The van der Waals surface area contributed by atoms with Gasteiger partial charge in [-0.3, -0.25) is 4.90 Å². The van der Waals surface area contributed by atoms with E-state index in [9.17, 15) is 5.11 Å². The number of aliphatic hydroxyl groups is 1. The number of nitrogens with zero attached hydrogens (tertiary/aromatic N) is 2. The molecule has 2 unspecified atom stereocenters. The summed E-state index contributed by atoms with van der Waals surface area (Å²) in [5, 5.41) is 10.4. The van der Waals surface area contributed by atoms with Crippen LogP contribution in [0.4, 0.5) is 5.82 Å². The van der Waals surface area contributed by atoms with Gasteiger partial charge in [0.1, 0.15) is 18.0 Å². The zero-order valence-electron chi connectivity index (χ0n) is 10.9. The van der Waals surface area contributed by atoms with Crippen molar-refractivity contribution in [3.8, 4) is 0 Å². The fourth-order valence-electron chi connectivity index (χ4n) is 2.24. The van der Waals surface area contributed by atoms with E-state index in [1.807, 2.05) is 0 Å². The summed E-state index contributed by atoms with van der Waals surface area (Å²) in [5.74, 6) is 0.371. The molecule has 0 aromatic carbocycles. The molecule has 1 fully saturated rings. The van der Waals surface area contributed by atoms with Crippen LogP contribution in [-0.2, 0) is 4.74 Å². The summed E-state index contributed by atoms with van der Waals surface area (Å²) in [5.41, 5.74) is 6.43. The minimum absolute atomic E-state index is 0.243. The Balaban J connectivity index is 2.09. The number of ether oxygens (including phenoxy) is 1. The maximum absolute atomic E-state index is 10.4. The lowest BCUT2D eigenvalue weighted by atomic mass is 10.0. The zero-order chi connectivity index (χ0) is 13.1. The number of nitrogen functional groups attached to an aromatic ring is 1. The number of hydrogen-bond acceptors (Lipinski definition) is 5. The second kappa shape index (κ2) is 5.65. The summed E-state index contributed by atoms with van der Waals surface area (Å²) in [6.07, 6.45) is 0.654. The quantitative estimate of drug-likeness (QED) is 0.831. The minimum Gasteiger partial charge on any atom is -0.385 e. The van der Waals surface area contributed by atoms with Crippen molar-refractivity contribution in [3.63, 3.8) is 0 Å². The molecule has 0 radical (unpaired) electrons. The van der Waals surface area contributed by atoms with Gasteiger partial charge in [0.2, 0.25) is 0 Å². The Morgan fingerprint density at radius 3 is 3.00 bits per heavy atom. The molecule has 100 valence electrons. The number of rotatable bonds is 3. The monoisotopic (exact) mass is 251 g/mol. The minimum atomic E-state index is -0.722. The molecule has 1 aromatic rings. The molecule has 2 rings (SSSR count). The van der Waals surface area contributed by atoms with Crippen molar-refractivity contribution in [2.75, 3.05) is 25.4 Å². The zero-order valence-corrected chi connectivity index (χ0v) is 10.9. The number of aliphatic hydroxyl groups excluding tert-OH is 1. The van der Waals surface area contributed by atoms with Crippen LogP contribution in [0.15, 0.2) is 18.3 Å². The van der Waals surface area contributed by atoms with Crippen LogP contribution in [0.25, 0.3) is 0 Å². The van der Waals surface area contributed by atoms with Crippen molar-refractivity contribution in [1.82, 2.24) is 9.88 Å². The van der Waals surface area contributed by atoms with E-state index >= 15 is 0 Å². The van der Waals surface area contributed by atoms with Gasteiger partial charge in [0.05, 0.1) is 6.61 Å². The fourth-order valence-corrected chi connectivity index (χ4v) is 2.24. The first-order chi connectivity index (χ1) is 8.59. The van der Waals surface area contributed by atoms with Crippen molar-refractivity contribution in [3.05, 3.63) is 23.9 Å². The molecule has 0 amide bonds. The molecule has 0 saturated carbocycles. The third kappa shape index (κ3) is 2.80. The average Bonchev–Trinajstić information content (AvgIpc) is 2.38. The maximum atomic E-state index is 10.4. The second-order valence-electron chi connectivity index (χ2n) is 4.92. The summed E-state index contributed by atoms with van der Waals surface area (Å²) < 4.78 is 5.65. The second-order valence-corrected chi connectivity index (χ2v) is 4.92. The Morgan fingerprint density at radius 2 is 2.33 bits per heavy atom. The molecular formula is C13H21N3O2. The molecule has 0 bridgehead atoms. The van der Waals surface area contributed by atoms with E-state index in [1.54, 1.807) is 18.3 Å². The van der Waals surface area contributed by atoms with Gasteiger partial charge in [-0.15, -0.1) is 0 Å². The van der Waals surface area contributed by atoms with Gasteiger partial charge in [-0.1, -0.05) is 6.07 Å². The number of anilines is 1. The topological polar surface area (TPSA) is 71.6 Å². The summed E-state index contributed by atoms with van der Waals surface area (Å²) in [7, 11) is 0. The van der Waals surface area contributed by atoms with Gasteiger partial charge >= 0.3 is 0 Å². The predicted molar refractivity (Wildman–Crippen MR) is 70.1 cm³/mol. The smallest absolute Gasteiger partial charge is 0.129 e. The molecule has 1 aliphatic heterocycles. The van der Waals surface area contributed by atoms with E-state index in [0.717, 1.165) is 6.54 Å². The largest absolute Gasteiger partial charge is 0.385 e. The third-order valence-electron chi connectivity index (χ3n) is 3.40. The predicted octanol–water partition coefficient (Wildman–Crippen LogP) is 0.806. The Hall–Kier alpha value is -1.17. The van der Waals surface area contributed by atoms with Crippen molar-refractivity contribution in [2.45, 2.75) is 32.1 Å². The molecule has 2 heterocycles. The van der Waals surface area contributed by atoms with Gasteiger partial charge in [-0.2, -0.15) is 0 Å². The highest BCUT2D eigenvalue weighted by atomic mass is 16.5. The van der Waals surface area contributed by atoms with Crippen molar-refractivity contribution in [2.24, 2.45) is 0 Å². The number of pyridine rings is 1. The van der Waals surface area contributed by atoms with Crippen LogP contribution in [0.2, 0.25) is 0 Å². The molecule has 3 N–H and O–H groups in total. The average molecular weight is 251 g/mol. The number of nitrogens with two attached hydrogens (primary N) is 1. The highest BCUT2D eigenvalue weighted by Gasteiger charge is 2.30. The first-order valence-electron chi connectivity index (χ1n) is 6.33. The van der Waals surface area contributed by atoms with Gasteiger partial charge in [0.25, 0.3) is 0 Å². The molecule has 2 atom stereocenters. The Morgan fingerprint density at radius 1 is 1.56 bits per heavy atom. The SMILES string of the molecule is CC(C)N1CCOC(C(O)c2cccnc2N)C1. The Kier molecular flexibility index (Phi) is 4.16. The fraction of sp³-hybridized carbons (Fsp3) is 0.615. The van der Waals surface area contributed by atoms with Crippen LogP contribution in [0.5, 0.6) is 0 Å². The van der Waals surface area contributed by atoms with Crippen LogP contribution < -0.4 is 5.73 Å². The lowest BCUT2D eigenvalue weighted by molar-refractivity contribution is -0.0960. The van der Waals surface area contributed by atoms with E-state index < -0.39 is 6.10 Å². The van der Waals surface area contributed by atoms with Gasteiger partial charge in [0.15, 0.2) is 0 Å². The number of hydrogen-bond donors (Lipinski definition) is 2. The molecule has 5 heteroatoms. The van der Waals surface area contributed by atoms with Gasteiger partial charge in [-0.05, 0) is 19.9 Å². The highest BCUT2D eigenvalue weighted by molar-refractivity contribution is 5.40. The van der Waals surface area contributed by atoms with Crippen molar-refractivity contribution >= 4 is 5.82 Å². The van der Waals surface area contributed by atoms with Gasteiger partial charge in [0, 0.05) is 30.9 Å². The lowest BCUT2D eigenvalue weighted by Gasteiger charge is -2.37. The Labute approximate surface area is 108 Å². The summed E-state index contributed by atoms with van der Waals surface area (Å²) in [6.45, 7) is 6.55. The van der Waals surface area contributed by atoms with Crippen molar-refractivity contribution < 1.29 is 9.84 Å². The van der Waals surface area contributed by atoms with Crippen LogP contribution in [0.1, 0.15) is 25.5 Å². The highest BCUT2D eigenvalue weighted by Crippen LogP contribution is 2.25. The van der Waals surface area contributed by atoms with E-state index in [0.29, 0.717) is 30.6 Å². The van der Waals surface area contributed by atoms with Crippen LogP contribution in [0.3, 0.4) is 0 Å². The maximum Gasteiger partial charge on any atom is 0.129 e. The number of morpholine rings is 1. The van der Waals surface area contributed by atoms with Crippen molar-refractivity contribution in [1.29, 1.82) is 0 Å². The van der Waals surface area contributed by atoms with Crippen LogP contribution >= 0.6 is 0 Å². The molecule has 1 saturated heterocycles. The molecule has 0 spiro atoms. The van der Waals surface area contributed by atoms with E-state index in [4.69, 9.17) is 10.5 Å². The molecule has 18 heavy (non-hydrogen) atoms. The van der Waals surface area contributed by atoms with E-state index in [-0.39, 0.29) is 6.10 Å². The van der Waals surface area contributed by atoms with E-state index in [2.05, 4.69) is 23.7 Å². The number of aromatic nitrogens is 1. The standard InChI is InChI=1S/C13H21N3O2/c1-9(2)16-6-7-18-11(8-16)12(17)10-4-3-5-15-13(10)14/h3-5,9,11-12,17H,6-8H2,1-2H3,(H2,14,15). The summed E-state index contributed by atoms with van der Waals surface area (Å²) >= 11 is 0. The van der Waals surface area contributed by atoms with Gasteiger partial charge < -0.3 is 15.6 Å². The third-order valence-corrected chi connectivity index (χ3v) is 3.40. The molecule has 0 aliphatic carbocycles. The summed E-state index contributed by atoms with van der Waals surface area (Å²) in [4.78, 5) is 6.29. The molecule has 1 aliphatic rings. The first kappa shape index (κ1) is 13.3. The molecule has 1 aromatic heterocycles. The summed E-state index contributed by atoms with van der Waals surface area (Å²) in [6, 6.07) is 4.03. The van der Waals surface area contributed by atoms with Crippen LogP contribution in [-0.4, -0.2) is 46.8 Å². The molecular weight excluding hydrogens is 230 g/mol. The van der Waals surface area contributed by atoms with E-state index in [1.165, 1.54) is 0 Å². The van der Waals surface area contributed by atoms with Gasteiger partial charge in [-0.25, -0.2) is 4.98 Å². The first-order valence-corrected chi connectivity index (χ1v) is 6.33. The lowest BCUT2D eigenvalue weighted by Crippen LogP contribution is -2.47. The Bertz CT molecular complexity index is 398. The normalized spacial score (nSPS) is 23.2. The molecule has 5 nitrogen and oxygen atoms in total.